The molecule has 0 fully saturated rings. The zero-order chi connectivity index (χ0) is 10.1. The van der Waals surface area contributed by atoms with Crippen LogP contribution in [-0.2, 0) is 4.74 Å². The van der Waals surface area contributed by atoms with E-state index < -0.39 is 0 Å². The average Bonchev–Trinajstić information content (AvgIpc) is 2.17. The van der Waals surface area contributed by atoms with E-state index in [0.29, 0.717) is 0 Å². The highest BCUT2D eigenvalue weighted by Crippen LogP contribution is 2.16. The third kappa shape index (κ3) is 4.98. The van der Waals surface area contributed by atoms with E-state index in [-0.39, 0.29) is 11.5 Å². The molecule has 0 radical (unpaired) electrons. The van der Waals surface area contributed by atoms with Crippen molar-refractivity contribution in [2.45, 2.75) is 11.5 Å². The first kappa shape index (κ1) is 12.6. The van der Waals surface area contributed by atoms with Gasteiger partial charge in [-0.2, -0.15) is 0 Å². The Hall–Kier alpha value is -0.450. The summed E-state index contributed by atoms with van der Waals surface area (Å²) in [5.41, 5.74) is 0.0621. The molecule has 0 saturated carbocycles. The first-order valence-corrected chi connectivity index (χ1v) is 5.04. The van der Waals surface area contributed by atoms with Gasteiger partial charge in [-0.3, -0.25) is 0 Å². The molecule has 0 heterocycles. The molecule has 4 heteroatoms. The molecule has 0 aromatic rings. The van der Waals surface area contributed by atoms with Crippen LogP contribution in [-0.4, -0.2) is 32.7 Å². The lowest BCUT2D eigenvalue weighted by Crippen LogP contribution is -2.34. The van der Waals surface area contributed by atoms with Crippen LogP contribution in [0.1, 0.15) is 0 Å². The number of nitrogens with one attached hydrogen (secondary N) is 2. The molecule has 0 aliphatic carbocycles. The number of rotatable bonds is 7. The highest BCUT2D eigenvalue weighted by molar-refractivity contribution is 8.02. The topological polar surface area (TPSA) is 33.3 Å². The van der Waals surface area contributed by atoms with Crippen LogP contribution in [0, 0.1) is 0 Å². The van der Waals surface area contributed by atoms with Gasteiger partial charge in [0.15, 0.2) is 0 Å². The zero-order valence-electron chi connectivity index (χ0n) is 8.41. The molecule has 2 N–H and O–H groups in total. The summed E-state index contributed by atoms with van der Waals surface area (Å²) in [4.78, 5) is 0. The number of likely N-dealkylation sites (N-methyl/N-ethyl adjacent to an activating group) is 1. The summed E-state index contributed by atoms with van der Waals surface area (Å²) in [5.74, 6) is 0. The number of thioether (sulfide) groups is 1. The van der Waals surface area contributed by atoms with E-state index in [4.69, 9.17) is 4.74 Å². The van der Waals surface area contributed by atoms with Crippen molar-refractivity contribution in [3.05, 3.63) is 24.3 Å². The van der Waals surface area contributed by atoms with Gasteiger partial charge < -0.3 is 15.4 Å². The van der Waals surface area contributed by atoms with Gasteiger partial charge in [0, 0.05) is 20.4 Å². The van der Waals surface area contributed by atoms with Crippen molar-refractivity contribution in [2.75, 3.05) is 21.2 Å². The molecule has 0 saturated heterocycles. The molecule has 0 bridgehead atoms. The highest BCUT2D eigenvalue weighted by Gasteiger charge is 2.14. The van der Waals surface area contributed by atoms with Crippen molar-refractivity contribution in [3.8, 4) is 0 Å². The number of methoxy groups -OCH3 is 1. The SMILES string of the molecule is C=CC(NC)C(OC)S/C=C\NC. The predicted molar refractivity (Wildman–Crippen MR) is 59.6 cm³/mol. The lowest BCUT2D eigenvalue weighted by atomic mass is 10.3. The molecule has 0 spiro atoms. The molecule has 0 aromatic carbocycles. The molecule has 0 amide bonds. The summed E-state index contributed by atoms with van der Waals surface area (Å²) in [6.07, 6.45) is 3.71. The number of ether oxygens (including phenoxy) is 1. The normalized spacial score (nSPS) is 15.6. The summed E-state index contributed by atoms with van der Waals surface area (Å²) in [7, 11) is 5.45. The first-order chi connectivity index (χ1) is 6.29. The summed E-state index contributed by atoms with van der Waals surface area (Å²) in [6.45, 7) is 3.73. The highest BCUT2D eigenvalue weighted by atomic mass is 32.2. The van der Waals surface area contributed by atoms with Crippen molar-refractivity contribution in [1.29, 1.82) is 0 Å². The van der Waals surface area contributed by atoms with Crippen LogP contribution in [0.4, 0.5) is 0 Å². The Morgan fingerprint density at radius 2 is 2.15 bits per heavy atom. The Morgan fingerprint density at radius 3 is 2.54 bits per heavy atom. The van der Waals surface area contributed by atoms with Crippen LogP contribution >= 0.6 is 11.8 Å². The second-order valence-electron chi connectivity index (χ2n) is 2.38. The van der Waals surface area contributed by atoms with Crippen molar-refractivity contribution in [2.24, 2.45) is 0 Å². The fourth-order valence-electron chi connectivity index (χ4n) is 0.837. The van der Waals surface area contributed by atoms with Crippen molar-refractivity contribution >= 4 is 11.8 Å². The van der Waals surface area contributed by atoms with E-state index in [0.717, 1.165) is 0 Å². The maximum atomic E-state index is 5.29. The van der Waals surface area contributed by atoms with E-state index in [2.05, 4.69) is 17.2 Å². The van der Waals surface area contributed by atoms with Crippen LogP contribution in [0.2, 0.25) is 0 Å². The van der Waals surface area contributed by atoms with Gasteiger partial charge in [0.25, 0.3) is 0 Å². The molecule has 2 unspecified atom stereocenters. The molecule has 2 atom stereocenters. The number of hydrogen-bond donors (Lipinski definition) is 2. The van der Waals surface area contributed by atoms with E-state index in [1.165, 1.54) is 0 Å². The van der Waals surface area contributed by atoms with Gasteiger partial charge in [0.1, 0.15) is 5.44 Å². The fraction of sp³-hybridized carbons (Fsp3) is 0.556. The second kappa shape index (κ2) is 8.16. The average molecular weight is 202 g/mol. The summed E-state index contributed by atoms with van der Waals surface area (Å²) in [6, 6.07) is 0.163. The molecule has 0 rings (SSSR count). The lowest BCUT2D eigenvalue weighted by Gasteiger charge is -2.20. The van der Waals surface area contributed by atoms with Gasteiger partial charge in [0.05, 0.1) is 6.04 Å². The van der Waals surface area contributed by atoms with E-state index >= 15 is 0 Å². The second-order valence-corrected chi connectivity index (χ2v) is 3.39. The van der Waals surface area contributed by atoms with Gasteiger partial charge in [-0.25, -0.2) is 0 Å². The van der Waals surface area contributed by atoms with Crippen molar-refractivity contribution in [3.63, 3.8) is 0 Å². The maximum Gasteiger partial charge on any atom is 0.125 e. The molecule has 13 heavy (non-hydrogen) atoms. The quantitative estimate of drug-likeness (QED) is 0.479. The molecule has 0 aliphatic heterocycles. The van der Waals surface area contributed by atoms with Crippen molar-refractivity contribution < 1.29 is 4.74 Å². The molecular weight excluding hydrogens is 184 g/mol. The predicted octanol–water partition coefficient (Wildman–Crippen LogP) is 1.16. The first-order valence-electron chi connectivity index (χ1n) is 4.10. The van der Waals surface area contributed by atoms with Gasteiger partial charge in [0.2, 0.25) is 0 Å². The van der Waals surface area contributed by atoms with Gasteiger partial charge >= 0.3 is 0 Å². The summed E-state index contributed by atoms with van der Waals surface area (Å²) < 4.78 is 5.29. The minimum absolute atomic E-state index is 0.0621. The van der Waals surface area contributed by atoms with Crippen LogP contribution in [0.3, 0.4) is 0 Å². The smallest absolute Gasteiger partial charge is 0.125 e. The Kier molecular flexibility index (Phi) is 7.88. The molecule has 3 nitrogen and oxygen atoms in total. The standard InChI is InChI=1S/C9H18N2OS/c1-5-8(11-3)9(12-4)13-7-6-10-2/h5-11H,1H2,2-4H3/b7-6-. The summed E-state index contributed by atoms with van der Waals surface area (Å²) in [5, 5.41) is 7.99. The largest absolute Gasteiger partial charge is 0.394 e. The minimum Gasteiger partial charge on any atom is -0.394 e. The maximum absolute atomic E-state index is 5.29. The Balaban J connectivity index is 3.99. The monoisotopic (exact) mass is 202 g/mol. The van der Waals surface area contributed by atoms with Crippen LogP contribution in [0.5, 0.6) is 0 Å². The molecule has 0 aromatic heterocycles. The van der Waals surface area contributed by atoms with Crippen LogP contribution in [0.15, 0.2) is 24.3 Å². The fourth-order valence-corrected chi connectivity index (χ4v) is 1.73. The van der Waals surface area contributed by atoms with Crippen molar-refractivity contribution in [1.82, 2.24) is 10.6 Å². The van der Waals surface area contributed by atoms with Crippen LogP contribution < -0.4 is 10.6 Å². The van der Waals surface area contributed by atoms with E-state index in [9.17, 15) is 0 Å². The third-order valence-electron chi connectivity index (χ3n) is 1.56. The van der Waals surface area contributed by atoms with E-state index in [1.807, 2.05) is 31.8 Å². The minimum atomic E-state index is 0.0621. The number of hydrogen-bond acceptors (Lipinski definition) is 4. The Bertz CT molecular complexity index is 162. The van der Waals surface area contributed by atoms with Gasteiger partial charge in [-0.1, -0.05) is 17.8 Å². The van der Waals surface area contributed by atoms with Gasteiger partial charge in [-0.15, -0.1) is 6.58 Å². The lowest BCUT2D eigenvalue weighted by molar-refractivity contribution is 0.155. The van der Waals surface area contributed by atoms with Crippen LogP contribution in [0.25, 0.3) is 0 Å². The molecular formula is C9H18N2OS. The molecule has 76 valence electrons. The Labute approximate surface area is 84.6 Å². The van der Waals surface area contributed by atoms with Gasteiger partial charge in [-0.05, 0) is 12.5 Å². The van der Waals surface area contributed by atoms with E-state index in [1.54, 1.807) is 18.9 Å². The zero-order valence-corrected chi connectivity index (χ0v) is 9.23. The summed E-state index contributed by atoms with van der Waals surface area (Å²) >= 11 is 1.60. The third-order valence-corrected chi connectivity index (χ3v) is 2.61. The Morgan fingerprint density at radius 1 is 1.46 bits per heavy atom. The molecule has 0 aliphatic rings.